The van der Waals surface area contributed by atoms with Crippen LogP contribution in [0.3, 0.4) is 0 Å². The van der Waals surface area contributed by atoms with E-state index in [9.17, 15) is 19.2 Å². The molecule has 0 spiro atoms. The third kappa shape index (κ3) is 7.70. The molecule has 0 bridgehead atoms. The minimum absolute atomic E-state index is 0.0736. The van der Waals surface area contributed by atoms with Crippen molar-refractivity contribution in [2.75, 3.05) is 13.1 Å². The van der Waals surface area contributed by atoms with Gasteiger partial charge in [0.05, 0.1) is 6.54 Å². The Morgan fingerprint density at radius 2 is 1.92 bits per heavy atom. The molecule has 0 saturated heterocycles. The van der Waals surface area contributed by atoms with Crippen molar-refractivity contribution >= 4 is 30.0 Å². The van der Waals surface area contributed by atoms with Gasteiger partial charge in [0, 0.05) is 12.5 Å². The first-order chi connectivity index (χ1) is 11.2. The number of Topliss-reactive ketones (excluding diaryl/α,β-unsaturated/α-hetero) is 1. The Bertz CT molecular complexity index is 488. The van der Waals surface area contributed by atoms with Gasteiger partial charge in [0.25, 0.3) is 0 Å². The van der Waals surface area contributed by atoms with Crippen LogP contribution in [0.4, 0.5) is 0 Å². The third-order valence-electron chi connectivity index (χ3n) is 3.48. The van der Waals surface area contributed by atoms with Crippen LogP contribution in [-0.4, -0.2) is 54.0 Å². The van der Waals surface area contributed by atoms with Crippen LogP contribution in [0.25, 0.3) is 0 Å². The van der Waals surface area contributed by atoms with Gasteiger partial charge in [0.1, 0.15) is 11.8 Å². The predicted molar refractivity (Wildman–Crippen MR) is 89.8 cm³/mol. The van der Waals surface area contributed by atoms with Gasteiger partial charge in [0.2, 0.25) is 18.2 Å². The van der Waals surface area contributed by atoms with Crippen LogP contribution in [0.5, 0.6) is 0 Å². The quantitative estimate of drug-likeness (QED) is 0.193. The van der Waals surface area contributed by atoms with Crippen molar-refractivity contribution in [3.8, 4) is 0 Å². The molecule has 0 aromatic carbocycles. The summed E-state index contributed by atoms with van der Waals surface area (Å²) in [6.45, 7) is 4.93. The van der Waals surface area contributed by atoms with Crippen molar-refractivity contribution in [1.82, 2.24) is 10.2 Å². The fraction of sp³-hybridized carbons (Fsp3) is 0.667. The number of guanidine groups is 1. The first-order valence-corrected chi connectivity index (χ1v) is 7.84. The highest BCUT2D eigenvalue weighted by Gasteiger charge is 2.31. The molecule has 0 aliphatic carbocycles. The predicted octanol–water partition coefficient (Wildman–Crippen LogP) is -0.855. The minimum Gasteiger partial charge on any atom is -0.370 e. The first-order valence-electron chi connectivity index (χ1n) is 7.84. The van der Waals surface area contributed by atoms with Gasteiger partial charge in [-0.2, -0.15) is 0 Å². The highest BCUT2D eigenvalue weighted by Crippen LogP contribution is 2.13. The lowest BCUT2D eigenvalue weighted by Gasteiger charge is -2.27. The Kier molecular flexibility index (Phi) is 10.0. The molecule has 0 fully saturated rings. The second-order valence-corrected chi connectivity index (χ2v) is 5.54. The number of nitrogens with one attached hydrogen (secondary N) is 1. The Labute approximate surface area is 141 Å². The SMILES string of the molecule is CCC(C)C(=O)N(C=O)C(CCCN=C(N)N)C(=O)NCC(C)=O. The van der Waals surface area contributed by atoms with E-state index in [0.29, 0.717) is 19.3 Å². The number of hydrogen-bond donors (Lipinski definition) is 3. The summed E-state index contributed by atoms with van der Waals surface area (Å²) in [5.41, 5.74) is 10.5. The number of carbonyl (C=O) groups excluding carboxylic acids is 4. The van der Waals surface area contributed by atoms with E-state index >= 15 is 0 Å². The van der Waals surface area contributed by atoms with Crippen molar-refractivity contribution in [3.63, 3.8) is 0 Å². The molecule has 2 atom stereocenters. The number of nitrogens with zero attached hydrogens (tertiary/aromatic N) is 2. The smallest absolute Gasteiger partial charge is 0.243 e. The summed E-state index contributed by atoms with van der Waals surface area (Å²) in [5.74, 6) is -1.68. The van der Waals surface area contributed by atoms with Gasteiger partial charge in [-0.25, -0.2) is 0 Å². The highest BCUT2D eigenvalue weighted by atomic mass is 16.2. The van der Waals surface area contributed by atoms with Crippen LogP contribution < -0.4 is 16.8 Å². The number of imide groups is 1. The summed E-state index contributed by atoms with van der Waals surface area (Å²) in [6.07, 6.45) is 1.49. The van der Waals surface area contributed by atoms with E-state index < -0.39 is 23.8 Å². The van der Waals surface area contributed by atoms with Gasteiger partial charge in [-0.1, -0.05) is 13.8 Å². The van der Waals surface area contributed by atoms with Crippen LogP contribution in [0.1, 0.15) is 40.0 Å². The monoisotopic (exact) mass is 341 g/mol. The molecule has 9 heteroatoms. The van der Waals surface area contributed by atoms with Crippen LogP contribution in [0.15, 0.2) is 4.99 Å². The molecule has 2 unspecified atom stereocenters. The molecule has 0 saturated carbocycles. The maximum absolute atomic E-state index is 12.3. The van der Waals surface area contributed by atoms with Gasteiger partial charge >= 0.3 is 0 Å². The molecule has 5 N–H and O–H groups in total. The number of ketones is 1. The van der Waals surface area contributed by atoms with E-state index in [2.05, 4.69) is 10.3 Å². The minimum atomic E-state index is -1.00. The number of carbonyl (C=O) groups is 4. The van der Waals surface area contributed by atoms with Crippen LogP contribution >= 0.6 is 0 Å². The molecular formula is C15H27N5O4. The lowest BCUT2D eigenvalue weighted by molar-refractivity contribution is -0.149. The van der Waals surface area contributed by atoms with Crippen LogP contribution in [-0.2, 0) is 19.2 Å². The largest absolute Gasteiger partial charge is 0.370 e. The average Bonchev–Trinajstić information content (AvgIpc) is 2.53. The fourth-order valence-corrected chi connectivity index (χ4v) is 1.93. The zero-order valence-corrected chi connectivity index (χ0v) is 14.4. The molecule has 0 aromatic rings. The van der Waals surface area contributed by atoms with Crippen LogP contribution in [0.2, 0.25) is 0 Å². The molecule has 3 amide bonds. The third-order valence-corrected chi connectivity index (χ3v) is 3.48. The average molecular weight is 341 g/mol. The Morgan fingerprint density at radius 3 is 2.38 bits per heavy atom. The first kappa shape index (κ1) is 21.6. The van der Waals surface area contributed by atoms with E-state index in [-0.39, 0.29) is 31.3 Å². The summed E-state index contributed by atoms with van der Waals surface area (Å²) in [7, 11) is 0. The Hall–Kier alpha value is -2.45. The van der Waals surface area contributed by atoms with Crippen molar-refractivity contribution in [1.29, 1.82) is 0 Å². The number of amides is 3. The van der Waals surface area contributed by atoms with E-state index in [1.54, 1.807) is 6.92 Å². The number of hydrogen-bond acceptors (Lipinski definition) is 5. The van der Waals surface area contributed by atoms with Gasteiger partial charge in [-0.15, -0.1) is 0 Å². The normalized spacial score (nSPS) is 12.6. The van der Waals surface area contributed by atoms with Gasteiger partial charge in [-0.05, 0) is 26.2 Å². The van der Waals surface area contributed by atoms with Crippen molar-refractivity contribution in [2.24, 2.45) is 22.4 Å². The second-order valence-electron chi connectivity index (χ2n) is 5.54. The van der Waals surface area contributed by atoms with E-state index in [0.717, 1.165) is 4.90 Å². The standard InChI is InChI=1S/C15H27N5O4/c1-4-10(2)14(24)20(9-21)12(6-5-7-18-15(16)17)13(23)19-8-11(3)22/h9-10,12H,4-8H2,1-3H3,(H,19,23)(H4,16,17,18). The summed E-state index contributed by atoms with van der Waals surface area (Å²) in [5, 5.41) is 2.43. The lowest BCUT2D eigenvalue weighted by atomic mass is 10.0. The number of nitrogens with two attached hydrogens (primary N) is 2. The maximum Gasteiger partial charge on any atom is 0.243 e. The molecule has 0 radical (unpaired) electrons. The van der Waals surface area contributed by atoms with E-state index in [1.807, 2.05) is 6.92 Å². The molecule has 0 rings (SSSR count). The maximum atomic E-state index is 12.3. The highest BCUT2D eigenvalue weighted by molar-refractivity contribution is 5.95. The summed E-state index contributed by atoms with van der Waals surface area (Å²) < 4.78 is 0. The van der Waals surface area contributed by atoms with E-state index in [1.165, 1.54) is 6.92 Å². The molecule has 9 nitrogen and oxygen atoms in total. The lowest BCUT2D eigenvalue weighted by Crippen LogP contribution is -2.51. The summed E-state index contributed by atoms with van der Waals surface area (Å²) >= 11 is 0. The Balaban J connectivity index is 5.14. The molecule has 0 aromatic heterocycles. The van der Waals surface area contributed by atoms with Crippen molar-refractivity contribution < 1.29 is 19.2 Å². The zero-order chi connectivity index (χ0) is 18.7. The second kappa shape index (κ2) is 11.1. The van der Waals surface area contributed by atoms with Gasteiger partial charge in [-0.3, -0.25) is 29.1 Å². The van der Waals surface area contributed by atoms with Gasteiger partial charge < -0.3 is 16.8 Å². The number of rotatable bonds is 11. The number of aliphatic imine (C=N–C) groups is 1. The van der Waals surface area contributed by atoms with Crippen molar-refractivity contribution in [3.05, 3.63) is 0 Å². The fourth-order valence-electron chi connectivity index (χ4n) is 1.93. The van der Waals surface area contributed by atoms with Crippen molar-refractivity contribution in [2.45, 2.75) is 46.1 Å². The zero-order valence-electron chi connectivity index (χ0n) is 14.4. The van der Waals surface area contributed by atoms with E-state index in [4.69, 9.17) is 11.5 Å². The van der Waals surface area contributed by atoms with Crippen LogP contribution in [0, 0.1) is 5.92 Å². The molecular weight excluding hydrogens is 314 g/mol. The Morgan fingerprint density at radius 1 is 1.29 bits per heavy atom. The molecule has 24 heavy (non-hydrogen) atoms. The molecule has 0 aliphatic heterocycles. The topological polar surface area (TPSA) is 148 Å². The molecule has 136 valence electrons. The molecule has 0 heterocycles. The summed E-state index contributed by atoms with van der Waals surface area (Å²) in [6, 6.07) is -1.00. The molecule has 0 aliphatic rings. The van der Waals surface area contributed by atoms with Gasteiger partial charge in [0.15, 0.2) is 5.96 Å². The summed E-state index contributed by atoms with van der Waals surface area (Å²) in [4.78, 5) is 51.7.